The van der Waals surface area contributed by atoms with Crippen molar-refractivity contribution in [2.45, 2.75) is 69.9 Å². The minimum Gasteiger partial charge on any atom is -0.462 e. The molecule has 2 saturated carbocycles. The summed E-state index contributed by atoms with van der Waals surface area (Å²) in [7, 11) is 1.72. The molecule has 1 aromatic heterocycles. The lowest BCUT2D eigenvalue weighted by Gasteiger charge is -2.21. The third-order valence-corrected chi connectivity index (χ3v) is 7.97. The molecule has 2 fully saturated rings. The first-order valence-electron chi connectivity index (χ1n) is 13.3. The lowest BCUT2D eigenvalue weighted by molar-refractivity contribution is -0.152. The van der Waals surface area contributed by atoms with Gasteiger partial charge in [0.25, 0.3) is 5.56 Å². The number of nitrogens with zero attached hydrogens (tertiary/aromatic N) is 3. The Balaban J connectivity index is 1.31. The number of ether oxygens (including phenoxy) is 1. The topological polar surface area (TPSA) is 114 Å². The Morgan fingerprint density at radius 1 is 1.18 bits per heavy atom. The summed E-state index contributed by atoms with van der Waals surface area (Å²) < 4.78 is 7.13. The highest BCUT2D eigenvalue weighted by Crippen LogP contribution is 2.46. The van der Waals surface area contributed by atoms with Crippen LogP contribution in [0.1, 0.15) is 74.3 Å². The highest BCUT2D eigenvalue weighted by atomic mass is 16.5. The van der Waals surface area contributed by atoms with E-state index in [1.807, 2.05) is 37.3 Å². The number of aromatic nitrogens is 2. The van der Waals surface area contributed by atoms with Crippen molar-refractivity contribution in [3.05, 3.63) is 75.2 Å². The minimum absolute atomic E-state index is 0.163. The third kappa shape index (κ3) is 5.33. The van der Waals surface area contributed by atoms with Crippen LogP contribution in [-0.4, -0.2) is 27.5 Å². The Hall–Kier alpha value is -3.99. The normalized spacial score (nSPS) is 17.1. The number of hydrogen-bond acceptors (Lipinski definition) is 6. The molecule has 2 aliphatic carbocycles. The number of esters is 1. The summed E-state index contributed by atoms with van der Waals surface area (Å²) >= 11 is 0. The number of hydrogen-bond donors (Lipinski definition) is 1. The van der Waals surface area contributed by atoms with Gasteiger partial charge in [-0.2, -0.15) is 5.26 Å². The Morgan fingerprint density at radius 2 is 1.89 bits per heavy atom. The quantitative estimate of drug-likeness (QED) is 0.360. The van der Waals surface area contributed by atoms with Crippen LogP contribution in [0.4, 0.5) is 0 Å². The molecule has 1 atom stereocenters. The van der Waals surface area contributed by atoms with E-state index in [2.05, 4.69) is 16.4 Å². The van der Waals surface area contributed by atoms with Gasteiger partial charge in [-0.3, -0.25) is 14.4 Å². The average molecular weight is 513 g/mol. The standard InChI is InChI=1S/C30H32N4O4/c1-19(22-5-3-4-6-22)38-28(36)17-27(35)33-30(13-14-30)23-11-12-26-24(16-23)32-25(29(37)34(26)2)15-20-7-9-21(18-31)10-8-20/h7-12,16,19,22H,3-6,13-15,17H2,1-2H3,(H,33,35). The summed E-state index contributed by atoms with van der Waals surface area (Å²) in [5.41, 5.74) is 3.43. The number of carbonyl (C=O) groups excluding carboxylic acids is 2. The van der Waals surface area contributed by atoms with Crippen molar-refractivity contribution in [3.8, 4) is 6.07 Å². The first kappa shape index (κ1) is 25.7. The van der Waals surface area contributed by atoms with Crippen LogP contribution in [0.3, 0.4) is 0 Å². The van der Waals surface area contributed by atoms with E-state index in [1.165, 1.54) is 12.8 Å². The van der Waals surface area contributed by atoms with Crippen LogP contribution in [0.5, 0.6) is 0 Å². The SMILES string of the molecule is CC(OC(=O)CC(=O)NC1(c2ccc3c(c2)nc(Cc2ccc(C#N)cc2)c(=O)n3C)CC1)C1CCCC1. The van der Waals surface area contributed by atoms with E-state index in [9.17, 15) is 14.4 Å². The number of rotatable bonds is 8. The summed E-state index contributed by atoms with van der Waals surface area (Å²) in [6.45, 7) is 1.92. The molecule has 1 N–H and O–H groups in total. The number of nitriles is 1. The molecule has 0 aliphatic heterocycles. The smallest absolute Gasteiger partial charge is 0.315 e. The number of amides is 1. The van der Waals surface area contributed by atoms with Gasteiger partial charge in [0.1, 0.15) is 18.2 Å². The van der Waals surface area contributed by atoms with Crippen molar-refractivity contribution in [1.29, 1.82) is 5.26 Å². The number of aryl methyl sites for hydroxylation is 1. The van der Waals surface area contributed by atoms with E-state index < -0.39 is 11.5 Å². The molecule has 1 amide bonds. The lowest BCUT2D eigenvalue weighted by Crippen LogP contribution is -2.37. The third-order valence-electron chi connectivity index (χ3n) is 7.97. The van der Waals surface area contributed by atoms with E-state index in [1.54, 1.807) is 23.7 Å². The fourth-order valence-corrected chi connectivity index (χ4v) is 5.52. The van der Waals surface area contributed by atoms with Crippen LogP contribution < -0.4 is 10.9 Å². The molecule has 1 heterocycles. The van der Waals surface area contributed by atoms with Gasteiger partial charge in [-0.1, -0.05) is 31.0 Å². The van der Waals surface area contributed by atoms with E-state index in [4.69, 9.17) is 10.00 Å². The van der Waals surface area contributed by atoms with E-state index >= 15 is 0 Å². The Bertz CT molecular complexity index is 1480. The Labute approximate surface area is 221 Å². The zero-order chi connectivity index (χ0) is 26.9. The van der Waals surface area contributed by atoms with Crippen molar-refractivity contribution in [1.82, 2.24) is 14.9 Å². The second-order valence-corrected chi connectivity index (χ2v) is 10.7. The summed E-state index contributed by atoms with van der Waals surface area (Å²) in [6.07, 6.45) is 5.90. The number of carbonyl (C=O) groups is 2. The average Bonchev–Trinajstić information content (AvgIpc) is 3.46. The van der Waals surface area contributed by atoms with Gasteiger partial charge in [-0.05, 0) is 73.9 Å². The fraction of sp³-hybridized carbons (Fsp3) is 0.433. The monoisotopic (exact) mass is 512 g/mol. The van der Waals surface area contributed by atoms with Crippen LogP contribution in [0.2, 0.25) is 0 Å². The first-order valence-corrected chi connectivity index (χ1v) is 13.3. The fourth-order valence-electron chi connectivity index (χ4n) is 5.52. The maximum Gasteiger partial charge on any atom is 0.315 e. The molecule has 5 rings (SSSR count). The Kier molecular flexibility index (Phi) is 7.02. The zero-order valence-electron chi connectivity index (χ0n) is 21.8. The summed E-state index contributed by atoms with van der Waals surface area (Å²) in [4.78, 5) is 42.8. The van der Waals surface area contributed by atoms with Crippen molar-refractivity contribution in [2.75, 3.05) is 0 Å². The predicted molar refractivity (Wildman–Crippen MR) is 142 cm³/mol. The van der Waals surface area contributed by atoms with E-state index in [0.29, 0.717) is 34.6 Å². The summed E-state index contributed by atoms with van der Waals surface area (Å²) in [6, 6.07) is 14.9. The molecule has 8 heteroatoms. The number of benzene rings is 2. The maximum absolute atomic E-state index is 13.0. The van der Waals surface area contributed by atoms with Gasteiger partial charge in [-0.15, -0.1) is 0 Å². The lowest BCUT2D eigenvalue weighted by atomic mass is 10.0. The summed E-state index contributed by atoms with van der Waals surface area (Å²) in [5, 5.41) is 12.1. The van der Waals surface area contributed by atoms with Crippen LogP contribution in [0, 0.1) is 17.2 Å². The zero-order valence-corrected chi connectivity index (χ0v) is 21.8. The Morgan fingerprint density at radius 3 is 2.55 bits per heavy atom. The molecule has 0 radical (unpaired) electrons. The molecular formula is C30H32N4O4. The molecule has 2 aromatic carbocycles. The molecule has 0 saturated heterocycles. The van der Waals surface area contributed by atoms with Crippen LogP contribution >= 0.6 is 0 Å². The number of fused-ring (bicyclic) bond motifs is 1. The minimum atomic E-state index is -0.535. The van der Waals surface area contributed by atoms with Crippen molar-refractivity contribution < 1.29 is 14.3 Å². The largest absolute Gasteiger partial charge is 0.462 e. The van der Waals surface area contributed by atoms with Gasteiger partial charge in [0, 0.05) is 13.5 Å². The molecule has 196 valence electrons. The first-order chi connectivity index (χ1) is 18.3. The van der Waals surface area contributed by atoms with Gasteiger partial charge in [0.15, 0.2) is 0 Å². The van der Waals surface area contributed by atoms with Gasteiger partial charge in [0.05, 0.1) is 28.2 Å². The van der Waals surface area contributed by atoms with Crippen LogP contribution in [0.25, 0.3) is 11.0 Å². The predicted octanol–water partition coefficient (Wildman–Crippen LogP) is 4.01. The molecule has 38 heavy (non-hydrogen) atoms. The van der Waals surface area contributed by atoms with Crippen LogP contribution in [-0.2, 0) is 33.3 Å². The molecule has 0 spiro atoms. The van der Waals surface area contributed by atoms with Crippen molar-refractivity contribution in [2.24, 2.45) is 13.0 Å². The van der Waals surface area contributed by atoms with Crippen molar-refractivity contribution in [3.63, 3.8) is 0 Å². The number of nitrogens with one attached hydrogen (secondary N) is 1. The highest BCUT2D eigenvalue weighted by Gasteiger charge is 2.46. The van der Waals surface area contributed by atoms with Crippen molar-refractivity contribution >= 4 is 22.9 Å². The molecular weight excluding hydrogens is 480 g/mol. The molecule has 8 nitrogen and oxygen atoms in total. The molecule has 2 aliphatic rings. The van der Waals surface area contributed by atoms with E-state index in [-0.39, 0.29) is 24.0 Å². The van der Waals surface area contributed by atoms with Gasteiger partial charge in [0.2, 0.25) is 5.91 Å². The van der Waals surface area contributed by atoms with Gasteiger partial charge >= 0.3 is 5.97 Å². The summed E-state index contributed by atoms with van der Waals surface area (Å²) in [5.74, 6) is -0.443. The molecule has 0 bridgehead atoms. The highest BCUT2D eigenvalue weighted by molar-refractivity contribution is 5.95. The second kappa shape index (κ2) is 10.4. The van der Waals surface area contributed by atoms with E-state index in [0.717, 1.165) is 36.8 Å². The molecule has 3 aromatic rings. The van der Waals surface area contributed by atoms with Gasteiger partial charge in [-0.25, -0.2) is 4.98 Å². The molecule has 1 unspecified atom stereocenters. The maximum atomic E-state index is 13.0. The van der Waals surface area contributed by atoms with Crippen LogP contribution in [0.15, 0.2) is 47.3 Å². The van der Waals surface area contributed by atoms with Gasteiger partial charge < -0.3 is 14.6 Å². The second-order valence-electron chi connectivity index (χ2n) is 10.7.